The van der Waals surface area contributed by atoms with Crippen molar-refractivity contribution in [3.05, 3.63) is 41.0 Å². The van der Waals surface area contributed by atoms with E-state index in [0.29, 0.717) is 0 Å². The minimum Gasteiger partial charge on any atom is -0.756 e. The van der Waals surface area contributed by atoms with Gasteiger partial charge in [-0.25, -0.2) is 4.99 Å². The average Bonchev–Trinajstić information content (AvgIpc) is 2.54. The van der Waals surface area contributed by atoms with Gasteiger partial charge in [0, 0.05) is 12.0 Å². The van der Waals surface area contributed by atoms with Gasteiger partial charge in [0.25, 0.3) is 7.82 Å². The number of allylic oxidation sites excluding steroid dienone is 1. The summed E-state index contributed by atoms with van der Waals surface area (Å²) in [4.78, 5) is 26.5. The number of phosphoric acid groups is 1. The van der Waals surface area contributed by atoms with Crippen LogP contribution in [0, 0.1) is 0 Å². The number of rotatable bonds is 3. The second kappa shape index (κ2) is 8.58. The molecule has 0 amide bonds. The van der Waals surface area contributed by atoms with Gasteiger partial charge in [-0.05, 0) is 43.4 Å². The molecule has 0 fully saturated rings. The molecule has 24 heavy (non-hydrogen) atoms. The summed E-state index contributed by atoms with van der Waals surface area (Å²) in [5, 5.41) is 0. The van der Waals surface area contributed by atoms with Crippen molar-refractivity contribution in [2.75, 3.05) is 13.7 Å². The lowest BCUT2D eigenvalue weighted by Gasteiger charge is -2.21. The first-order valence-electron chi connectivity index (χ1n) is 8.07. The van der Waals surface area contributed by atoms with Crippen LogP contribution in [0.15, 0.2) is 35.4 Å². The predicted octanol–water partition coefficient (Wildman–Crippen LogP) is 0.473. The lowest BCUT2D eigenvalue weighted by Crippen LogP contribution is -2.75. The standard InChI is InChI=1S/C17H21NO.H3O4P/c1-19-15-8-6-13(7-9-15)12-17-16-5-3-2-4-14(16)10-11-18-17;1-5(2,3)4/h6-9H,2-5,10-12H2,1H3;(H3,1,2,3,4). The molecule has 132 valence electrons. The summed E-state index contributed by atoms with van der Waals surface area (Å²) >= 11 is 0. The Hall–Kier alpha value is -1.46. The number of ether oxygens (including phenoxy) is 1. The van der Waals surface area contributed by atoms with Crippen LogP contribution in [0.1, 0.15) is 37.7 Å². The fourth-order valence-electron chi connectivity index (χ4n) is 3.20. The maximum absolute atomic E-state index is 8.77. The van der Waals surface area contributed by atoms with Crippen LogP contribution in [0.4, 0.5) is 0 Å². The van der Waals surface area contributed by atoms with E-state index in [2.05, 4.69) is 29.3 Å². The molecule has 1 aliphatic heterocycles. The highest BCUT2D eigenvalue weighted by Gasteiger charge is 2.24. The van der Waals surface area contributed by atoms with E-state index in [-0.39, 0.29) is 0 Å². The molecule has 2 aliphatic rings. The minimum absolute atomic E-state index is 0.933. The van der Waals surface area contributed by atoms with E-state index >= 15 is 0 Å². The molecule has 0 atom stereocenters. The van der Waals surface area contributed by atoms with Crippen molar-refractivity contribution in [3.8, 4) is 5.75 Å². The van der Waals surface area contributed by atoms with E-state index in [1.165, 1.54) is 43.4 Å². The molecule has 3 N–H and O–H groups in total. The molecular formula is C17H24NO5P. The van der Waals surface area contributed by atoms with Crippen LogP contribution < -0.4 is 14.6 Å². The minimum atomic E-state index is -4.89. The van der Waals surface area contributed by atoms with Gasteiger partial charge in [-0.2, -0.15) is 0 Å². The van der Waals surface area contributed by atoms with Crippen molar-refractivity contribution in [2.45, 2.75) is 38.5 Å². The summed E-state index contributed by atoms with van der Waals surface area (Å²) in [6.07, 6.45) is 7.61. The maximum Gasteiger partial charge on any atom is 0.262 e. The molecule has 1 heterocycles. The summed E-state index contributed by atoms with van der Waals surface area (Å²) < 4.78 is 14.0. The fraction of sp³-hybridized carbons (Fsp3) is 0.471. The molecule has 0 radical (unpaired) electrons. The van der Waals surface area contributed by atoms with Crippen LogP contribution in [-0.2, 0) is 11.0 Å². The summed E-state index contributed by atoms with van der Waals surface area (Å²) in [7, 11) is -3.18. The Labute approximate surface area is 142 Å². The van der Waals surface area contributed by atoms with Crippen molar-refractivity contribution in [3.63, 3.8) is 0 Å². The van der Waals surface area contributed by atoms with Crippen LogP contribution in [0.25, 0.3) is 0 Å². The fourth-order valence-corrected chi connectivity index (χ4v) is 3.20. The zero-order valence-electron chi connectivity index (χ0n) is 13.8. The molecule has 0 unspecified atom stereocenters. The third-order valence-electron chi connectivity index (χ3n) is 4.25. The first-order valence-corrected chi connectivity index (χ1v) is 9.60. The Bertz CT molecular complexity index is 652. The largest absolute Gasteiger partial charge is 0.756 e. The van der Waals surface area contributed by atoms with E-state index < -0.39 is 7.82 Å². The molecule has 0 saturated carbocycles. The molecule has 0 aromatic heterocycles. The summed E-state index contributed by atoms with van der Waals surface area (Å²) in [6.45, 7) is 1.12. The molecule has 0 spiro atoms. The molecule has 0 saturated heterocycles. The van der Waals surface area contributed by atoms with Gasteiger partial charge in [-0.1, -0.05) is 17.7 Å². The smallest absolute Gasteiger partial charge is 0.262 e. The van der Waals surface area contributed by atoms with Crippen molar-refractivity contribution in [1.82, 2.24) is 0 Å². The molecule has 1 aromatic carbocycles. The Morgan fingerprint density at radius 3 is 2.42 bits per heavy atom. The second-order valence-corrected chi connectivity index (χ2v) is 6.94. The molecule has 0 bridgehead atoms. The van der Waals surface area contributed by atoms with Gasteiger partial charge in [0.1, 0.15) is 12.3 Å². The van der Waals surface area contributed by atoms with E-state index in [4.69, 9.17) is 24.0 Å². The Morgan fingerprint density at radius 2 is 1.79 bits per heavy atom. The molecule has 1 aromatic rings. The highest BCUT2D eigenvalue weighted by molar-refractivity contribution is 7.43. The van der Waals surface area contributed by atoms with Gasteiger partial charge >= 0.3 is 0 Å². The summed E-state index contributed by atoms with van der Waals surface area (Å²) in [5.74, 6) is 0.933. The van der Waals surface area contributed by atoms with Crippen molar-refractivity contribution in [2.24, 2.45) is 0 Å². The van der Waals surface area contributed by atoms with Crippen molar-refractivity contribution < 1.29 is 29.0 Å². The van der Waals surface area contributed by atoms with Crippen LogP contribution in [0.3, 0.4) is 0 Å². The highest BCUT2D eigenvalue weighted by atomic mass is 31.2. The molecule has 3 rings (SSSR count). The highest BCUT2D eigenvalue weighted by Crippen LogP contribution is 2.28. The number of methoxy groups -OCH3 is 1. The van der Waals surface area contributed by atoms with E-state index in [0.717, 1.165) is 18.7 Å². The first-order chi connectivity index (χ1) is 11.4. The summed E-state index contributed by atoms with van der Waals surface area (Å²) in [5.41, 5.74) is 6.18. The topological polar surface area (TPSA) is 104 Å². The lowest BCUT2D eigenvalue weighted by molar-refractivity contribution is -0.459. The van der Waals surface area contributed by atoms with Crippen LogP contribution in [0.5, 0.6) is 5.75 Å². The molecule has 6 nitrogen and oxygen atoms in total. The van der Waals surface area contributed by atoms with Gasteiger partial charge in [0.2, 0.25) is 0 Å². The normalized spacial score (nSPS) is 17.4. The average molecular weight is 353 g/mol. The van der Waals surface area contributed by atoms with Gasteiger partial charge in [0.05, 0.1) is 13.5 Å². The zero-order chi connectivity index (χ0) is 17.6. The Kier molecular flexibility index (Phi) is 6.75. The summed E-state index contributed by atoms with van der Waals surface area (Å²) in [6, 6.07) is 8.44. The van der Waals surface area contributed by atoms with Gasteiger partial charge in [-0.3, -0.25) is 4.57 Å². The van der Waals surface area contributed by atoms with Crippen LogP contribution in [0.2, 0.25) is 0 Å². The van der Waals surface area contributed by atoms with Gasteiger partial charge < -0.3 is 19.4 Å². The SMILES string of the molecule is COc1ccc(CC2=[NH+]CCC3=C2CCCC3)cc1.O=P([O-])(O)O. The van der Waals surface area contributed by atoms with E-state index in [1.807, 2.05) is 0 Å². The predicted molar refractivity (Wildman–Crippen MR) is 89.7 cm³/mol. The molecule has 7 heteroatoms. The molecule has 1 aliphatic carbocycles. The zero-order valence-corrected chi connectivity index (χ0v) is 14.7. The number of hydrogen-bond acceptors (Lipinski definition) is 3. The Balaban J connectivity index is 0.000000368. The van der Waals surface area contributed by atoms with Crippen molar-refractivity contribution in [1.29, 1.82) is 0 Å². The van der Waals surface area contributed by atoms with Crippen molar-refractivity contribution >= 4 is 13.5 Å². The molecular weight excluding hydrogens is 329 g/mol. The third kappa shape index (κ3) is 6.21. The monoisotopic (exact) mass is 353 g/mol. The lowest BCUT2D eigenvalue weighted by atomic mass is 9.84. The quantitative estimate of drug-likeness (QED) is 0.686. The Morgan fingerprint density at radius 1 is 1.17 bits per heavy atom. The van der Waals surface area contributed by atoms with Gasteiger partial charge in [0.15, 0.2) is 5.71 Å². The first kappa shape index (κ1) is 18.9. The third-order valence-corrected chi connectivity index (χ3v) is 4.25. The second-order valence-electron chi connectivity index (χ2n) is 5.96. The number of nitrogens with one attached hydrogen (secondary N) is 1. The number of benzene rings is 1. The van der Waals surface area contributed by atoms with E-state index in [9.17, 15) is 0 Å². The van der Waals surface area contributed by atoms with Crippen LogP contribution in [-0.4, -0.2) is 29.2 Å². The maximum atomic E-state index is 8.77. The van der Waals surface area contributed by atoms with E-state index in [1.54, 1.807) is 18.3 Å². The number of hydrogen-bond donors (Lipinski definition) is 3. The van der Waals surface area contributed by atoms with Gasteiger partial charge in [-0.15, -0.1) is 0 Å². The van der Waals surface area contributed by atoms with Crippen LogP contribution >= 0.6 is 7.82 Å².